The van der Waals surface area contributed by atoms with Gasteiger partial charge in [-0.2, -0.15) is 0 Å². The number of nitrogens with one attached hydrogen (secondary N) is 1. The van der Waals surface area contributed by atoms with Crippen molar-refractivity contribution in [2.45, 2.75) is 57.8 Å². The molecule has 3 aliphatic rings. The third-order valence-corrected chi connectivity index (χ3v) is 14.0. The van der Waals surface area contributed by atoms with E-state index >= 15 is 0 Å². The van der Waals surface area contributed by atoms with Crippen molar-refractivity contribution in [3.05, 3.63) is 209 Å². The molecule has 0 aromatic heterocycles. The summed E-state index contributed by atoms with van der Waals surface area (Å²) in [6.07, 6.45) is 0. The summed E-state index contributed by atoms with van der Waals surface area (Å²) in [5.74, 6) is 0. The van der Waals surface area contributed by atoms with Crippen molar-refractivity contribution in [3.63, 3.8) is 0 Å². The molecule has 8 aromatic rings. The third-order valence-electron chi connectivity index (χ3n) is 13.5. The molecular weight excluding hydrogens is 730 g/mol. The minimum atomic E-state index is 0.0190. The number of hydrogen-bond acceptors (Lipinski definition) is 1. The molecule has 0 saturated carbocycles. The van der Waals surface area contributed by atoms with Gasteiger partial charge in [0.25, 0.3) is 0 Å². The molecule has 1 nitrogen and oxygen atoms in total. The van der Waals surface area contributed by atoms with Gasteiger partial charge in [0.1, 0.15) is 0 Å². The van der Waals surface area contributed by atoms with Gasteiger partial charge in [0, 0.05) is 27.6 Å². The fourth-order valence-corrected chi connectivity index (χ4v) is 10.6. The Hall–Kier alpha value is -6.01. The van der Waals surface area contributed by atoms with Gasteiger partial charge in [0.15, 0.2) is 0 Å². The van der Waals surface area contributed by atoms with Gasteiger partial charge in [-0.05, 0) is 131 Å². The van der Waals surface area contributed by atoms with E-state index in [1.165, 1.54) is 94.3 Å². The largest absolute Gasteiger partial charge is 0.356 e. The summed E-state index contributed by atoms with van der Waals surface area (Å²) in [6, 6.07) is 64.4. The number of rotatable bonds is 4. The molecule has 11 rings (SSSR count). The van der Waals surface area contributed by atoms with E-state index in [0.717, 1.165) is 11.4 Å². The first-order valence-electron chi connectivity index (χ1n) is 20.9. The molecule has 2 heteroatoms. The van der Waals surface area contributed by atoms with Crippen LogP contribution in [-0.2, 0) is 16.2 Å². The highest BCUT2D eigenvalue weighted by atomic mass is 31.0. The van der Waals surface area contributed by atoms with Gasteiger partial charge in [0.2, 0.25) is 0 Å². The van der Waals surface area contributed by atoms with E-state index in [1.54, 1.807) is 0 Å². The summed E-state index contributed by atoms with van der Waals surface area (Å²) in [5, 5.41) is 4.92. The van der Waals surface area contributed by atoms with Crippen LogP contribution in [0.2, 0.25) is 0 Å². The highest BCUT2D eigenvalue weighted by Crippen LogP contribution is 2.52. The maximum absolute atomic E-state index is 3.69. The first kappa shape index (κ1) is 37.3. The van der Waals surface area contributed by atoms with Gasteiger partial charge in [-0.25, -0.2) is 0 Å². The molecule has 0 bridgehead atoms. The number of anilines is 2. The van der Waals surface area contributed by atoms with E-state index < -0.39 is 0 Å². The molecule has 0 spiro atoms. The molecule has 1 unspecified atom stereocenters. The van der Waals surface area contributed by atoms with Crippen molar-refractivity contribution in [1.29, 1.82) is 0 Å². The van der Waals surface area contributed by atoms with E-state index in [9.17, 15) is 0 Å². The molecule has 59 heavy (non-hydrogen) atoms. The molecule has 3 aliphatic carbocycles. The Kier molecular flexibility index (Phi) is 8.71. The highest BCUT2D eigenvalue weighted by molar-refractivity contribution is 7.28. The monoisotopic (exact) mass is 779 g/mol. The van der Waals surface area contributed by atoms with E-state index in [4.69, 9.17) is 0 Å². The van der Waals surface area contributed by atoms with Crippen LogP contribution in [0.5, 0.6) is 0 Å². The van der Waals surface area contributed by atoms with Gasteiger partial charge >= 0.3 is 0 Å². The molecule has 0 saturated heterocycles. The van der Waals surface area contributed by atoms with Crippen molar-refractivity contribution < 1.29 is 0 Å². The second kappa shape index (κ2) is 13.8. The van der Waals surface area contributed by atoms with Gasteiger partial charge in [-0.1, -0.05) is 181 Å². The predicted molar refractivity (Wildman–Crippen MR) is 256 cm³/mol. The SMILES string of the molecule is CC1(C)c2ccccc2-c2ccc(-c3ccc(P)c(-c4ccccc4)c3)cc21.CC1(C)c2ccccc2-c2ccc(Nc3ccc4c(c3)C(C)(C)c3ccccc3-4)cc21. The second-order valence-electron chi connectivity index (χ2n) is 18.1. The molecular formula is C57H50NP. The summed E-state index contributed by atoms with van der Waals surface area (Å²) in [7, 11) is 2.87. The Bertz CT molecular complexity index is 2840. The Labute approximate surface area is 352 Å². The highest BCUT2D eigenvalue weighted by Gasteiger charge is 2.37. The van der Waals surface area contributed by atoms with Gasteiger partial charge < -0.3 is 5.32 Å². The lowest BCUT2D eigenvalue weighted by Crippen LogP contribution is -2.15. The van der Waals surface area contributed by atoms with Crippen molar-refractivity contribution in [1.82, 2.24) is 0 Å². The van der Waals surface area contributed by atoms with Gasteiger partial charge in [0.05, 0.1) is 0 Å². The molecule has 0 radical (unpaired) electrons. The average Bonchev–Trinajstić information content (AvgIpc) is 3.73. The minimum absolute atomic E-state index is 0.0190. The lowest BCUT2D eigenvalue weighted by molar-refractivity contribution is 0.660. The summed E-state index contributed by atoms with van der Waals surface area (Å²) in [5.41, 5.74) is 24.1. The molecule has 8 aromatic carbocycles. The predicted octanol–water partition coefficient (Wildman–Crippen LogP) is 14.9. The Balaban J connectivity index is 0.000000143. The minimum Gasteiger partial charge on any atom is -0.356 e. The molecule has 288 valence electrons. The fraction of sp³-hybridized carbons (Fsp3) is 0.158. The lowest BCUT2D eigenvalue weighted by Gasteiger charge is -2.23. The second-order valence-corrected chi connectivity index (χ2v) is 18.7. The van der Waals surface area contributed by atoms with Crippen LogP contribution in [0.1, 0.15) is 74.9 Å². The molecule has 1 N–H and O–H groups in total. The zero-order chi connectivity index (χ0) is 40.7. The van der Waals surface area contributed by atoms with Crippen molar-refractivity contribution in [2.24, 2.45) is 0 Å². The number of fused-ring (bicyclic) bond motifs is 9. The van der Waals surface area contributed by atoms with E-state index in [2.05, 4.69) is 232 Å². The van der Waals surface area contributed by atoms with Gasteiger partial charge in [-0.3, -0.25) is 0 Å². The smallest absolute Gasteiger partial charge is 0.0387 e. The third kappa shape index (κ3) is 6.01. The zero-order valence-corrected chi connectivity index (χ0v) is 36.0. The number of hydrogen-bond donors (Lipinski definition) is 1. The topological polar surface area (TPSA) is 12.0 Å². The summed E-state index contributed by atoms with van der Waals surface area (Å²) in [6.45, 7) is 14.0. The summed E-state index contributed by atoms with van der Waals surface area (Å²) < 4.78 is 0. The Morgan fingerprint density at radius 2 is 0.678 bits per heavy atom. The number of benzene rings is 8. The van der Waals surface area contributed by atoms with Crippen molar-refractivity contribution in [2.75, 3.05) is 5.32 Å². The summed E-state index contributed by atoms with van der Waals surface area (Å²) >= 11 is 0. The molecule has 1 atom stereocenters. The standard InChI is InChI=1S/C30H27N.C27H23P/c1-29(2)25-11-7-5-9-21(25)23-15-13-19(17-27(23)29)31-20-14-16-24-22-10-6-8-12-26(22)30(3,4)28(24)18-20;1-27(2)24-11-7-6-10-21(24)22-14-12-20(17-25(22)27)19-13-15-26(28)23(16-19)18-8-4-3-5-9-18/h5-18,31H,1-4H3;3-17H,28H2,1-2H3. The average molecular weight is 780 g/mol. The molecule has 0 amide bonds. The van der Waals surface area contributed by atoms with Crippen LogP contribution in [-0.4, -0.2) is 0 Å². The van der Waals surface area contributed by atoms with Crippen LogP contribution in [0, 0.1) is 0 Å². The van der Waals surface area contributed by atoms with Crippen LogP contribution in [0.15, 0.2) is 176 Å². The maximum Gasteiger partial charge on any atom is 0.0387 e. The summed E-state index contributed by atoms with van der Waals surface area (Å²) in [4.78, 5) is 0. The molecule has 0 fully saturated rings. The van der Waals surface area contributed by atoms with Crippen LogP contribution < -0.4 is 10.6 Å². The van der Waals surface area contributed by atoms with Crippen LogP contribution in [0.4, 0.5) is 11.4 Å². The van der Waals surface area contributed by atoms with E-state index in [0.29, 0.717) is 0 Å². The van der Waals surface area contributed by atoms with Crippen LogP contribution >= 0.6 is 9.24 Å². The molecule has 0 heterocycles. The molecule has 0 aliphatic heterocycles. The lowest BCUT2D eigenvalue weighted by atomic mass is 9.81. The zero-order valence-electron chi connectivity index (χ0n) is 34.8. The maximum atomic E-state index is 3.69. The van der Waals surface area contributed by atoms with Gasteiger partial charge in [-0.15, -0.1) is 9.24 Å². The van der Waals surface area contributed by atoms with Crippen LogP contribution in [0.25, 0.3) is 55.6 Å². The first-order chi connectivity index (χ1) is 28.4. The van der Waals surface area contributed by atoms with E-state index in [-0.39, 0.29) is 16.2 Å². The fourth-order valence-electron chi connectivity index (χ4n) is 10.2. The normalized spacial score (nSPS) is 15.1. The first-order valence-corrected chi connectivity index (χ1v) is 21.5. The Morgan fingerprint density at radius 1 is 0.305 bits per heavy atom. The van der Waals surface area contributed by atoms with Crippen LogP contribution in [0.3, 0.4) is 0 Å². The quantitative estimate of drug-likeness (QED) is 0.175. The Morgan fingerprint density at radius 3 is 1.17 bits per heavy atom. The van der Waals surface area contributed by atoms with Crippen molar-refractivity contribution >= 4 is 25.9 Å². The van der Waals surface area contributed by atoms with E-state index in [1.807, 2.05) is 0 Å². The van der Waals surface area contributed by atoms with Crippen molar-refractivity contribution in [3.8, 4) is 55.6 Å².